The SMILES string of the molecule is c1ccc(CC2(Cc3ccccc3)c3cc(Nc4cccc5c4Nc4ccccc4S5)ccc3-c3ccc(Nc4cccc5c4[nH]c4ccccc45)cc32)cc1. The summed E-state index contributed by atoms with van der Waals surface area (Å²) in [5, 5.41) is 13.9. The summed E-state index contributed by atoms with van der Waals surface area (Å²) in [6, 6.07) is 66.1. The third-order valence-corrected chi connectivity index (χ3v) is 12.7. The second kappa shape index (κ2) is 13.3. The van der Waals surface area contributed by atoms with Crippen LogP contribution >= 0.6 is 11.8 Å². The average molecular weight is 739 g/mol. The maximum atomic E-state index is 3.87. The first kappa shape index (κ1) is 32.7. The lowest BCUT2D eigenvalue weighted by Crippen LogP contribution is -2.31. The first-order valence-electron chi connectivity index (χ1n) is 19.3. The molecule has 2 aliphatic rings. The quantitative estimate of drug-likeness (QED) is 0.125. The largest absolute Gasteiger partial charge is 0.354 e. The van der Waals surface area contributed by atoms with E-state index in [9.17, 15) is 0 Å². The van der Waals surface area contributed by atoms with Gasteiger partial charge in [-0.2, -0.15) is 0 Å². The fourth-order valence-corrected chi connectivity index (χ4v) is 10.1. The van der Waals surface area contributed by atoms with Gasteiger partial charge in [0, 0.05) is 42.9 Å². The van der Waals surface area contributed by atoms with Crippen molar-refractivity contribution in [2.45, 2.75) is 28.0 Å². The monoisotopic (exact) mass is 738 g/mol. The van der Waals surface area contributed by atoms with E-state index >= 15 is 0 Å². The molecule has 9 aromatic rings. The first-order chi connectivity index (χ1) is 27.7. The molecular weight excluding hydrogens is 701 g/mol. The molecule has 0 unspecified atom stereocenters. The molecule has 0 saturated carbocycles. The molecule has 0 spiro atoms. The molecule has 4 nitrogen and oxygen atoms in total. The molecular formula is C51H38N4S. The van der Waals surface area contributed by atoms with Gasteiger partial charge in [-0.05, 0) is 107 Å². The smallest absolute Gasteiger partial charge is 0.0765 e. The molecule has 1 aliphatic heterocycles. The van der Waals surface area contributed by atoms with Crippen LogP contribution in [0.25, 0.3) is 32.9 Å². The normalized spacial score (nSPS) is 13.4. The van der Waals surface area contributed by atoms with Gasteiger partial charge in [0.05, 0.1) is 28.3 Å². The molecule has 0 atom stereocenters. The zero-order valence-electron chi connectivity index (χ0n) is 30.6. The van der Waals surface area contributed by atoms with E-state index in [4.69, 9.17) is 0 Å². The maximum absolute atomic E-state index is 3.87. The number of rotatable bonds is 8. The van der Waals surface area contributed by atoms with Crippen molar-refractivity contribution in [3.8, 4) is 11.1 Å². The van der Waals surface area contributed by atoms with Gasteiger partial charge in [0.1, 0.15) is 0 Å². The standard InChI is InChI=1S/C51H38N4S/c1-3-13-33(14-4-1)31-51(32-34-15-5-2-6-16-34)41-29-35(52-45-21-11-18-40-39-17-7-8-19-43(39)54-49(40)45)25-27-37(41)38-28-26-36(30-42(38)51)53-46-22-12-24-48-50(46)55-44-20-9-10-23-47(44)56-48/h1-30,52-55H,31-32H2. The predicted octanol–water partition coefficient (Wildman–Crippen LogP) is 13.8. The number of fused-ring (bicyclic) bond motifs is 8. The highest BCUT2D eigenvalue weighted by molar-refractivity contribution is 7.99. The highest BCUT2D eigenvalue weighted by atomic mass is 32.2. The highest BCUT2D eigenvalue weighted by Crippen LogP contribution is 2.55. The lowest BCUT2D eigenvalue weighted by Gasteiger charge is -2.33. The number of benzene rings is 8. The molecule has 0 saturated heterocycles. The molecule has 56 heavy (non-hydrogen) atoms. The molecule has 0 fully saturated rings. The van der Waals surface area contributed by atoms with Gasteiger partial charge in [0.15, 0.2) is 0 Å². The molecule has 2 heterocycles. The van der Waals surface area contributed by atoms with Crippen molar-refractivity contribution in [3.63, 3.8) is 0 Å². The number of aromatic nitrogens is 1. The van der Waals surface area contributed by atoms with Gasteiger partial charge in [-0.1, -0.05) is 133 Å². The van der Waals surface area contributed by atoms with Crippen molar-refractivity contribution >= 4 is 67.7 Å². The second-order valence-corrected chi connectivity index (χ2v) is 16.1. The van der Waals surface area contributed by atoms with Crippen LogP contribution < -0.4 is 16.0 Å². The molecule has 1 aliphatic carbocycles. The van der Waals surface area contributed by atoms with E-state index in [1.165, 1.54) is 53.9 Å². The van der Waals surface area contributed by atoms with Crippen LogP contribution in [0.15, 0.2) is 192 Å². The van der Waals surface area contributed by atoms with Crippen molar-refractivity contribution in [2.24, 2.45) is 0 Å². The Labute approximate surface area is 330 Å². The number of para-hydroxylation sites is 4. The van der Waals surface area contributed by atoms with E-state index in [0.717, 1.165) is 58.0 Å². The zero-order valence-corrected chi connectivity index (χ0v) is 31.5. The summed E-state index contributed by atoms with van der Waals surface area (Å²) in [5.41, 5.74) is 16.4. The van der Waals surface area contributed by atoms with Gasteiger partial charge in [-0.3, -0.25) is 0 Å². The van der Waals surface area contributed by atoms with Crippen molar-refractivity contribution in [1.82, 2.24) is 4.98 Å². The van der Waals surface area contributed by atoms with Crippen LogP contribution in [0.2, 0.25) is 0 Å². The lowest BCUT2D eigenvalue weighted by molar-refractivity contribution is 0.520. The Balaban J connectivity index is 1.04. The number of H-pyrrole nitrogens is 1. The van der Waals surface area contributed by atoms with Crippen molar-refractivity contribution in [2.75, 3.05) is 16.0 Å². The molecule has 0 amide bonds. The van der Waals surface area contributed by atoms with E-state index in [2.05, 4.69) is 203 Å². The Kier molecular flexibility index (Phi) is 7.75. The van der Waals surface area contributed by atoms with Gasteiger partial charge >= 0.3 is 0 Å². The van der Waals surface area contributed by atoms with Crippen molar-refractivity contribution < 1.29 is 0 Å². The predicted molar refractivity (Wildman–Crippen MR) is 236 cm³/mol. The molecule has 4 N–H and O–H groups in total. The summed E-state index contributed by atoms with van der Waals surface area (Å²) in [6.07, 6.45) is 1.73. The Hall–Kier alpha value is -6.69. The van der Waals surface area contributed by atoms with Gasteiger partial charge in [0.25, 0.3) is 0 Å². The van der Waals surface area contributed by atoms with Crippen LogP contribution in [0.3, 0.4) is 0 Å². The van der Waals surface area contributed by atoms with E-state index in [1.54, 1.807) is 0 Å². The molecule has 8 aromatic carbocycles. The van der Waals surface area contributed by atoms with Gasteiger partial charge in [0.2, 0.25) is 0 Å². The van der Waals surface area contributed by atoms with Crippen LogP contribution in [0.4, 0.5) is 34.1 Å². The van der Waals surface area contributed by atoms with Crippen LogP contribution in [0.1, 0.15) is 22.3 Å². The summed E-state index contributed by atoms with van der Waals surface area (Å²) in [4.78, 5) is 6.15. The van der Waals surface area contributed by atoms with Gasteiger partial charge in [-0.25, -0.2) is 0 Å². The summed E-state index contributed by atoms with van der Waals surface area (Å²) < 4.78 is 0. The van der Waals surface area contributed by atoms with Crippen molar-refractivity contribution in [3.05, 3.63) is 204 Å². The third kappa shape index (κ3) is 5.54. The Morgan fingerprint density at radius 1 is 0.482 bits per heavy atom. The maximum Gasteiger partial charge on any atom is 0.0765 e. The van der Waals surface area contributed by atoms with Gasteiger partial charge in [-0.15, -0.1) is 0 Å². The first-order valence-corrected chi connectivity index (χ1v) is 20.1. The number of hydrogen-bond acceptors (Lipinski definition) is 4. The van der Waals surface area contributed by atoms with E-state index in [1.807, 2.05) is 11.8 Å². The van der Waals surface area contributed by atoms with Crippen molar-refractivity contribution in [1.29, 1.82) is 0 Å². The molecule has 11 rings (SSSR count). The fraction of sp³-hybridized carbons (Fsp3) is 0.0588. The van der Waals surface area contributed by atoms with Crippen LogP contribution in [-0.2, 0) is 18.3 Å². The summed E-state index contributed by atoms with van der Waals surface area (Å²) in [5.74, 6) is 0. The Morgan fingerprint density at radius 2 is 1.05 bits per heavy atom. The number of aromatic amines is 1. The number of hydrogen-bond donors (Lipinski definition) is 4. The highest BCUT2D eigenvalue weighted by Gasteiger charge is 2.44. The fourth-order valence-electron chi connectivity index (χ4n) is 9.03. The Bertz CT molecular complexity index is 2890. The Morgan fingerprint density at radius 3 is 1.79 bits per heavy atom. The minimum absolute atomic E-state index is 0.334. The average Bonchev–Trinajstić information content (AvgIpc) is 3.74. The van der Waals surface area contributed by atoms with Crippen LogP contribution in [0.5, 0.6) is 0 Å². The number of anilines is 6. The van der Waals surface area contributed by atoms with Crippen LogP contribution in [-0.4, -0.2) is 4.98 Å². The summed E-state index contributed by atoms with van der Waals surface area (Å²) >= 11 is 1.81. The molecule has 1 aromatic heterocycles. The summed E-state index contributed by atoms with van der Waals surface area (Å²) in [6.45, 7) is 0. The lowest BCUT2D eigenvalue weighted by atomic mass is 9.69. The minimum atomic E-state index is -0.334. The van der Waals surface area contributed by atoms with Crippen LogP contribution in [0, 0.1) is 0 Å². The number of nitrogens with one attached hydrogen (secondary N) is 4. The van der Waals surface area contributed by atoms with Gasteiger partial charge < -0.3 is 20.9 Å². The van der Waals surface area contributed by atoms with E-state index < -0.39 is 0 Å². The molecule has 0 radical (unpaired) electrons. The minimum Gasteiger partial charge on any atom is -0.354 e. The zero-order chi connectivity index (χ0) is 37.1. The van der Waals surface area contributed by atoms with E-state index in [0.29, 0.717) is 0 Å². The molecule has 0 bridgehead atoms. The van der Waals surface area contributed by atoms with E-state index in [-0.39, 0.29) is 5.41 Å². The topological polar surface area (TPSA) is 51.9 Å². The molecule has 5 heteroatoms. The third-order valence-electron chi connectivity index (χ3n) is 11.6. The summed E-state index contributed by atoms with van der Waals surface area (Å²) in [7, 11) is 0. The molecule has 268 valence electrons. The second-order valence-electron chi connectivity index (χ2n) is 15.0.